The van der Waals surface area contributed by atoms with Gasteiger partial charge in [-0.05, 0) is 0 Å². The summed E-state index contributed by atoms with van der Waals surface area (Å²) < 4.78 is 1.92. The number of nitrogens with zero attached hydrogens (tertiary/aromatic N) is 3. The lowest BCUT2D eigenvalue weighted by Crippen LogP contribution is -1.99. The highest BCUT2D eigenvalue weighted by molar-refractivity contribution is 7.99. The molecule has 0 spiro atoms. The van der Waals surface area contributed by atoms with Crippen LogP contribution in [0.5, 0.6) is 0 Å². The van der Waals surface area contributed by atoms with Crippen molar-refractivity contribution in [1.82, 2.24) is 14.4 Å². The molecule has 2 N–H and O–H groups in total. The van der Waals surface area contributed by atoms with E-state index in [4.69, 9.17) is 5.11 Å². The maximum absolute atomic E-state index is 8.79. The Balaban J connectivity index is 2.43. The van der Waals surface area contributed by atoms with Gasteiger partial charge in [-0.1, -0.05) is 0 Å². The van der Waals surface area contributed by atoms with Crippen molar-refractivity contribution in [3.05, 3.63) is 18.6 Å². The first kappa shape index (κ1) is 10.3. The van der Waals surface area contributed by atoms with Crippen molar-refractivity contribution < 1.29 is 5.11 Å². The van der Waals surface area contributed by atoms with Gasteiger partial charge in [-0.3, -0.25) is 0 Å². The third kappa shape index (κ3) is 2.05. The van der Waals surface area contributed by atoms with E-state index >= 15 is 0 Å². The van der Waals surface area contributed by atoms with Crippen LogP contribution in [0.1, 0.15) is 0 Å². The number of rotatable bonds is 4. The third-order valence-electron chi connectivity index (χ3n) is 1.93. The van der Waals surface area contributed by atoms with Gasteiger partial charge < -0.3 is 14.8 Å². The summed E-state index contributed by atoms with van der Waals surface area (Å²) in [4.78, 5) is 8.60. The van der Waals surface area contributed by atoms with Crippen LogP contribution in [0.15, 0.2) is 23.6 Å². The molecule has 0 radical (unpaired) electrons. The smallest absolute Gasteiger partial charge is 0.169 e. The molecule has 0 aliphatic carbocycles. The molecule has 0 atom stereocenters. The average Bonchev–Trinajstić information content (AvgIpc) is 2.73. The first-order chi connectivity index (χ1) is 7.35. The van der Waals surface area contributed by atoms with Gasteiger partial charge in [-0.15, -0.1) is 11.8 Å². The van der Waals surface area contributed by atoms with Crippen molar-refractivity contribution in [3.8, 4) is 0 Å². The molecule has 2 aromatic rings. The van der Waals surface area contributed by atoms with Crippen molar-refractivity contribution in [2.75, 3.05) is 24.7 Å². The number of aliphatic hydroxyl groups is 1. The van der Waals surface area contributed by atoms with Crippen molar-refractivity contribution in [3.63, 3.8) is 0 Å². The minimum absolute atomic E-state index is 0.142. The molecule has 2 heterocycles. The fourth-order valence-electron chi connectivity index (χ4n) is 1.26. The van der Waals surface area contributed by atoms with Gasteiger partial charge in [0.25, 0.3) is 0 Å². The van der Waals surface area contributed by atoms with Crippen molar-refractivity contribution in [2.45, 2.75) is 5.03 Å². The molecule has 6 heteroatoms. The van der Waals surface area contributed by atoms with Gasteiger partial charge in [-0.2, -0.15) is 0 Å². The van der Waals surface area contributed by atoms with Gasteiger partial charge >= 0.3 is 0 Å². The quantitative estimate of drug-likeness (QED) is 0.754. The second-order valence-electron chi connectivity index (χ2n) is 2.91. The molecule has 15 heavy (non-hydrogen) atoms. The topological polar surface area (TPSA) is 62.5 Å². The molecule has 0 aliphatic heterocycles. The molecule has 0 amide bonds. The van der Waals surface area contributed by atoms with Crippen LogP contribution < -0.4 is 5.32 Å². The van der Waals surface area contributed by atoms with Crippen LogP contribution in [0.2, 0.25) is 0 Å². The number of aliphatic hydroxyl groups excluding tert-OH is 1. The zero-order valence-corrected chi connectivity index (χ0v) is 9.16. The van der Waals surface area contributed by atoms with Crippen LogP contribution >= 0.6 is 11.8 Å². The van der Waals surface area contributed by atoms with E-state index < -0.39 is 0 Å². The van der Waals surface area contributed by atoms with Crippen LogP contribution in [0.3, 0.4) is 0 Å². The van der Waals surface area contributed by atoms with Gasteiger partial charge in [-0.25, -0.2) is 9.97 Å². The molecular formula is C9H12N4OS. The van der Waals surface area contributed by atoms with Crippen molar-refractivity contribution in [2.24, 2.45) is 0 Å². The molecule has 0 saturated heterocycles. The zero-order valence-electron chi connectivity index (χ0n) is 8.34. The molecular weight excluding hydrogens is 212 g/mol. The maximum Gasteiger partial charge on any atom is 0.169 e. The lowest BCUT2D eigenvalue weighted by Gasteiger charge is -2.05. The second-order valence-corrected chi connectivity index (χ2v) is 4.00. The number of thioether (sulfide) groups is 1. The van der Waals surface area contributed by atoms with Crippen LogP contribution in [-0.4, -0.2) is 38.9 Å². The fraction of sp³-hybridized carbons (Fsp3) is 0.333. The Kier molecular flexibility index (Phi) is 3.08. The van der Waals surface area contributed by atoms with Crippen molar-refractivity contribution >= 4 is 23.2 Å². The number of hydrogen-bond acceptors (Lipinski definition) is 5. The third-order valence-corrected chi connectivity index (χ3v) is 2.86. The number of fused-ring (bicyclic) bond motifs is 1. The first-order valence-corrected chi connectivity index (χ1v) is 5.59. The average molecular weight is 224 g/mol. The molecule has 0 fully saturated rings. The Labute approximate surface area is 91.6 Å². The van der Waals surface area contributed by atoms with E-state index in [2.05, 4.69) is 15.3 Å². The molecule has 80 valence electrons. The molecule has 0 unspecified atom stereocenters. The second kappa shape index (κ2) is 4.50. The van der Waals surface area contributed by atoms with Crippen LogP contribution in [0.25, 0.3) is 5.65 Å². The lowest BCUT2D eigenvalue weighted by atomic mass is 10.6. The first-order valence-electron chi connectivity index (χ1n) is 4.60. The van der Waals surface area contributed by atoms with Crippen molar-refractivity contribution in [1.29, 1.82) is 0 Å². The van der Waals surface area contributed by atoms with E-state index in [1.165, 1.54) is 11.8 Å². The summed E-state index contributed by atoms with van der Waals surface area (Å²) in [6, 6.07) is 0. The number of imidazole rings is 1. The Morgan fingerprint density at radius 2 is 2.47 bits per heavy atom. The zero-order chi connectivity index (χ0) is 10.7. The van der Waals surface area contributed by atoms with E-state index in [-0.39, 0.29) is 6.61 Å². The maximum atomic E-state index is 8.79. The van der Waals surface area contributed by atoms with E-state index in [9.17, 15) is 0 Å². The Morgan fingerprint density at radius 3 is 3.20 bits per heavy atom. The summed E-state index contributed by atoms with van der Waals surface area (Å²) in [5, 5.41) is 12.6. The van der Waals surface area contributed by atoms with Gasteiger partial charge in [0.1, 0.15) is 10.8 Å². The SMILES string of the molecule is CNc1cn2ccnc2c(SCCO)n1. The number of hydrogen-bond donors (Lipinski definition) is 2. The minimum atomic E-state index is 0.142. The lowest BCUT2D eigenvalue weighted by molar-refractivity contribution is 0.322. The molecule has 0 aliphatic rings. The summed E-state index contributed by atoms with van der Waals surface area (Å²) in [7, 11) is 1.82. The molecule has 0 aromatic carbocycles. The Morgan fingerprint density at radius 1 is 1.60 bits per heavy atom. The summed E-state index contributed by atoms with van der Waals surface area (Å²) in [6.07, 6.45) is 5.49. The highest BCUT2D eigenvalue weighted by Gasteiger charge is 2.06. The standard InChI is InChI=1S/C9H12N4OS/c1-10-7-6-13-3-2-11-8(13)9(12-7)15-5-4-14/h2-3,6,10,14H,4-5H2,1H3. The van der Waals surface area contributed by atoms with Gasteiger partial charge in [0.2, 0.25) is 0 Å². The number of nitrogens with one attached hydrogen (secondary N) is 1. The van der Waals surface area contributed by atoms with E-state index in [1.54, 1.807) is 6.20 Å². The Bertz CT molecular complexity index is 456. The molecule has 2 rings (SSSR count). The Hall–Kier alpha value is -1.27. The van der Waals surface area contributed by atoms with E-state index in [0.29, 0.717) is 5.75 Å². The predicted molar refractivity (Wildman–Crippen MR) is 60.3 cm³/mol. The molecule has 5 nitrogen and oxygen atoms in total. The monoisotopic (exact) mass is 224 g/mol. The summed E-state index contributed by atoms with van der Waals surface area (Å²) >= 11 is 1.50. The highest BCUT2D eigenvalue weighted by atomic mass is 32.2. The molecule has 0 saturated carbocycles. The highest BCUT2D eigenvalue weighted by Crippen LogP contribution is 2.21. The summed E-state index contributed by atoms with van der Waals surface area (Å²) in [5.41, 5.74) is 0.826. The number of anilines is 1. The molecule has 0 bridgehead atoms. The predicted octanol–water partition coefficient (Wildman–Crippen LogP) is 0.855. The number of aromatic nitrogens is 3. The normalized spacial score (nSPS) is 10.8. The summed E-state index contributed by atoms with van der Waals surface area (Å²) in [6.45, 7) is 0.142. The van der Waals surface area contributed by atoms with E-state index in [0.717, 1.165) is 16.5 Å². The minimum Gasteiger partial charge on any atom is -0.396 e. The van der Waals surface area contributed by atoms with E-state index in [1.807, 2.05) is 23.8 Å². The van der Waals surface area contributed by atoms with Gasteiger partial charge in [0.05, 0.1) is 12.8 Å². The van der Waals surface area contributed by atoms with Gasteiger partial charge in [0, 0.05) is 25.2 Å². The fourth-order valence-corrected chi connectivity index (χ4v) is 2.00. The largest absolute Gasteiger partial charge is 0.396 e. The van der Waals surface area contributed by atoms with Crippen LogP contribution in [-0.2, 0) is 0 Å². The summed E-state index contributed by atoms with van der Waals surface area (Å²) in [5.74, 6) is 1.42. The van der Waals surface area contributed by atoms with Gasteiger partial charge in [0.15, 0.2) is 5.65 Å². The molecule has 2 aromatic heterocycles. The van der Waals surface area contributed by atoms with Crippen LogP contribution in [0, 0.1) is 0 Å². The van der Waals surface area contributed by atoms with Crippen LogP contribution in [0.4, 0.5) is 5.82 Å².